The van der Waals surface area contributed by atoms with Crippen LogP contribution in [0.15, 0.2) is 24.7 Å². The maximum absolute atomic E-state index is 12.3. The predicted octanol–water partition coefficient (Wildman–Crippen LogP) is 2.90. The third kappa shape index (κ3) is 4.36. The molecule has 0 bridgehead atoms. The number of carbonyl (C=O) groups excluding carboxylic acids is 1. The summed E-state index contributed by atoms with van der Waals surface area (Å²) in [6, 6.07) is 1.94. The molecule has 0 radical (unpaired) electrons. The number of carboxylic acid groups (broad SMARTS) is 1. The number of nitrogens with zero attached hydrogens (tertiary/aromatic N) is 5. The van der Waals surface area contributed by atoms with E-state index in [1.54, 1.807) is 20.8 Å². The van der Waals surface area contributed by atoms with E-state index >= 15 is 0 Å². The molecule has 10 nitrogen and oxygen atoms in total. The number of imidazole rings is 1. The Morgan fingerprint density at radius 1 is 1.28 bits per heavy atom. The molecular weight excluding hydrogens is 376 g/mol. The number of amides is 1. The van der Waals surface area contributed by atoms with Crippen LogP contribution in [0.1, 0.15) is 61.3 Å². The van der Waals surface area contributed by atoms with E-state index in [0.29, 0.717) is 22.9 Å². The fourth-order valence-corrected chi connectivity index (χ4v) is 3.03. The molecule has 0 saturated heterocycles. The first-order valence-corrected chi connectivity index (χ1v) is 9.33. The molecule has 1 amide bonds. The minimum Gasteiger partial charge on any atom is -0.476 e. The molecule has 0 spiro atoms. The van der Waals surface area contributed by atoms with Gasteiger partial charge in [0.15, 0.2) is 11.3 Å². The van der Waals surface area contributed by atoms with Crippen molar-refractivity contribution in [3.8, 4) is 0 Å². The maximum Gasteiger partial charge on any atom is 0.412 e. The number of aromatic carboxylic acids is 1. The Labute approximate surface area is 166 Å². The van der Waals surface area contributed by atoms with Crippen molar-refractivity contribution in [1.82, 2.24) is 24.4 Å². The highest BCUT2D eigenvalue weighted by molar-refractivity contribution is 5.90. The second kappa shape index (κ2) is 6.87. The van der Waals surface area contributed by atoms with Gasteiger partial charge in [0.2, 0.25) is 0 Å². The summed E-state index contributed by atoms with van der Waals surface area (Å²) in [5, 5.41) is 19.2. The van der Waals surface area contributed by atoms with Gasteiger partial charge in [0, 0.05) is 12.4 Å². The van der Waals surface area contributed by atoms with Crippen molar-refractivity contribution in [2.24, 2.45) is 0 Å². The smallest absolute Gasteiger partial charge is 0.412 e. The number of pyridine rings is 1. The molecule has 0 atom stereocenters. The Kier molecular flexibility index (Phi) is 4.48. The second-order valence-electron chi connectivity index (χ2n) is 8.16. The van der Waals surface area contributed by atoms with Crippen LogP contribution >= 0.6 is 0 Å². The van der Waals surface area contributed by atoms with Crippen LogP contribution in [0.5, 0.6) is 0 Å². The zero-order chi connectivity index (χ0) is 20.8. The molecule has 1 fully saturated rings. The average Bonchev–Trinajstić information content (AvgIpc) is 3.20. The summed E-state index contributed by atoms with van der Waals surface area (Å²) in [6.45, 7) is 5.67. The molecule has 152 valence electrons. The number of nitrogens with one attached hydrogen (secondary N) is 1. The van der Waals surface area contributed by atoms with Crippen LogP contribution < -0.4 is 5.32 Å². The molecule has 3 heterocycles. The Morgan fingerprint density at radius 2 is 2.03 bits per heavy atom. The lowest BCUT2D eigenvalue weighted by molar-refractivity contribution is 0.0634. The van der Waals surface area contributed by atoms with Gasteiger partial charge in [-0.05, 0) is 51.2 Å². The molecule has 3 aromatic heterocycles. The number of hydrogen-bond donors (Lipinski definition) is 2. The Bertz CT molecular complexity index is 1090. The highest BCUT2D eigenvalue weighted by atomic mass is 16.6. The van der Waals surface area contributed by atoms with Crippen LogP contribution in [-0.4, -0.2) is 47.1 Å². The van der Waals surface area contributed by atoms with Gasteiger partial charge in [0.05, 0.1) is 24.1 Å². The molecule has 0 unspecified atom stereocenters. The summed E-state index contributed by atoms with van der Waals surface area (Å²) in [4.78, 5) is 27.8. The van der Waals surface area contributed by atoms with Crippen LogP contribution in [0.4, 0.5) is 10.5 Å². The zero-order valence-electron chi connectivity index (χ0n) is 16.4. The first-order chi connectivity index (χ1) is 13.7. The number of carboxylic acids is 1. The van der Waals surface area contributed by atoms with Crippen LogP contribution in [0.25, 0.3) is 5.65 Å². The molecule has 3 aromatic rings. The van der Waals surface area contributed by atoms with Crippen molar-refractivity contribution < 1.29 is 19.4 Å². The number of fused-ring (bicyclic) bond motifs is 1. The van der Waals surface area contributed by atoms with Gasteiger partial charge in [-0.1, -0.05) is 5.21 Å². The minimum atomic E-state index is -1.14. The summed E-state index contributed by atoms with van der Waals surface area (Å²) in [7, 11) is 0. The maximum atomic E-state index is 12.3. The van der Waals surface area contributed by atoms with E-state index in [4.69, 9.17) is 9.84 Å². The summed E-state index contributed by atoms with van der Waals surface area (Å²) in [6.07, 6.45) is 6.89. The van der Waals surface area contributed by atoms with Gasteiger partial charge >= 0.3 is 12.1 Å². The topological polar surface area (TPSA) is 124 Å². The monoisotopic (exact) mass is 398 g/mol. The number of hydrogen-bond acceptors (Lipinski definition) is 6. The molecule has 4 rings (SSSR count). The third-order valence-corrected chi connectivity index (χ3v) is 4.39. The van der Waals surface area contributed by atoms with Gasteiger partial charge in [-0.3, -0.25) is 5.32 Å². The fourth-order valence-electron chi connectivity index (χ4n) is 3.03. The minimum absolute atomic E-state index is 0.128. The summed E-state index contributed by atoms with van der Waals surface area (Å²) < 4.78 is 8.65. The van der Waals surface area contributed by atoms with Crippen molar-refractivity contribution in [2.45, 2.75) is 51.7 Å². The summed E-state index contributed by atoms with van der Waals surface area (Å²) in [5.41, 5.74) is 2.20. The lowest BCUT2D eigenvalue weighted by Gasteiger charge is -2.20. The van der Waals surface area contributed by atoms with Crippen molar-refractivity contribution in [2.75, 3.05) is 5.32 Å². The van der Waals surface area contributed by atoms with Crippen LogP contribution in [-0.2, 0) is 11.3 Å². The molecule has 0 aliphatic heterocycles. The lowest BCUT2D eigenvalue weighted by Crippen LogP contribution is -2.27. The highest BCUT2D eigenvalue weighted by Crippen LogP contribution is 2.41. The SMILES string of the molecule is CC(C)(C)OC(=O)Nc1cc(C2CC2)cn2cc(Cn3cc(C(=O)O)nn3)nc12. The van der Waals surface area contributed by atoms with Crippen molar-refractivity contribution >= 4 is 23.4 Å². The van der Waals surface area contributed by atoms with E-state index in [-0.39, 0.29) is 12.2 Å². The van der Waals surface area contributed by atoms with Crippen molar-refractivity contribution in [1.29, 1.82) is 0 Å². The van der Waals surface area contributed by atoms with E-state index in [0.717, 1.165) is 18.4 Å². The van der Waals surface area contributed by atoms with Gasteiger partial charge in [-0.15, -0.1) is 5.10 Å². The first kappa shape index (κ1) is 18.9. The lowest BCUT2D eigenvalue weighted by atomic mass is 10.2. The molecular formula is C19H22N6O4. The largest absolute Gasteiger partial charge is 0.476 e. The zero-order valence-corrected chi connectivity index (χ0v) is 16.4. The summed E-state index contributed by atoms with van der Waals surface area (Å²) in [5.74, 6) is -0.651. The van der Waals surface area contributed by atoms with Gasteiger partial charge in [0.1, 0.15) is 5.60 Å². The molecule has 2 N–H and O–H groups in total. The number of aromatic nitrogens is 5. The van der Waals surface area contributed by atoms with Crippen molar-refractivity contribution in [3.05, 3.63) is 41.6 Å². The van der Waals surface area contributed by atoms with Crippen LogP contribution in [0.2, 0.25) is 0 Å². The molecule has 29 heavy (non-hydrogen) atoms. The van der Waals surface area contributed by atoms with E-state index in [9.17, 15) is 9.59 Å². The fraction of sp³-hybridized carbons (Fsp3) is 0.421. The first-order valence-electron chi connectivity index (χ1n) is 9.33. The van der Waals surface area contributed by atoms with Gasteiger partial charge in [-0.25, -0.2) is 19.3 Å². The Hall–Kier alpha value is -3.43. The third-order valence-electron chi connectivity index (χ3n) is 4.39. The number of ether oxygens (including phenoxy) is 1. The second-order valence-corrected chi connectivity index (χ2v) is 8.16. The predicted molar refractivity (Wildman–Crippen MR) is 103 cm³/mol. The number of rotatable bonds is 5. The van der Waals surface area contributed by atoms with Crippen molar-refractivity contribution in [3.63, 3.8) is 0 Å². The van der Waals surface area contributed by atoms with E-state index in [1.807, 2.05) is 22.9 Å². The molecule has 0 aromatic carbocycles. The van der Waals surface area contributed by atoms with Crippen LogP contribution in [0, 0.1) is 0 Å². The molecule has 1 saturated carbocycles. The van der Waals surface area contributed by atoms with Crippen LogP contribution in [0.3, 0.4) is 0 Å². The Balaban J connectivity index is 1.64. The quantitative estimate of drug-likeness (QED) is 0.677. The summed E-state index contributed by atoms with van der Waals surface area (Å²) >= 11 is 0. The standard InChI is InChI=1S/C19H22N6O4/c1-19(2,3)29-18(28)21-14-6-12(11-4-5-11)7-24-8-13(20-16(14)24)9-25-10-15(17(26)27)22-23-25/h6-8,10-11H,4-5,9H2,1-3H3,(H,21,28)(H,26,27). The highest BCUT2D eigenvalue weighted by Gasteiger charge is 2.26. The van der Waals surface area contributed by atoms with E-state index in [2.05, 4.69) is 20.6 Å². The van der Waals surface area contributed by atoms with Gasteiger partial charge in [-0.2, -0.15) is 0 Å². The van der Waals surface area contributed by atoms with Gasteiger partial charge in [0.25, 0.3) is 0 Å². The molecule has 1 aliphatic rings. The van der Waals surface area contributed by atoms with Gasteiger partial charge < -0.3 is 14.2 Å². The van der Waals surface area contributed by atoms with E-state index in [1.165, 1.54) is 10.9 Å². The number of anilines is 1. The number of carbonyl (C=O) groups is 2. The Morgan fingerprint density at radius 3 is 2.66 bits per heavy atom. The normalized spacial score (nSPS) is 14.2. The van der Waals surface area contributed by atoms with E-state index < -0.39 is 17.7 Å². The average molecular weight is 398 g/mol. The molecule has 10 heteroatoms. The molecule has 1 aliphatic carbocycles.